The third-order valence-corrected chi connectivity index (χ3v) is 4.11. The number of aryl methyl sites for hydroxylation is 1. The topological polar surface area (TPSA) is 37.8 Å². The average molecular weight is 268 g/mol. The normalized spacial score (nSPS) is 12.6. The number of pyridine rings is 1. The Hall–Kier alpha value is -0.970. The Labute approximate surface area is 110 Å². The van der Waals surface area contributed by atoms with Gasteiger partial charge >= 0.3 is 0 Å². The molecule has 1 atom stereocenters. The fraction of sp³-hybridized carbons (Fsp3) is 0.333. The molecule has 0 radical (unpaired) electrons. The van der Waals surface area contributed by atoms with Crippen LogP contribution in [-0.4, -0.2) is 17.0 Å². The standard InChI is InChI=1S/C12H14ClN3S/c1-8-12(17-7-16-8)11(14-2)5-9-3-4-15-6-10(9)13/h3-4,6-7,11,14H,5H2,1-2H3. The average Bonchev–Trinajstić information content (AvgIpc) is 2.75. The van der Waals surface area contributed by atoms with Crippen LogP contribution in [0.1, 0.15) is 22.2 Å². The lowest BCUT2D eigenvalue weighted by atomic mass is 10.1. The lowest BCUT2D eigenvalue weighted by molar-refractivity contribution is 0.597. The van der Waals surface area contributed by atoms with Gasteiger partial charge < -0.3 is 5.32 Å². The predicted molar refractivity (Wildman–Crippen MR) is 71.6 cm³/mol. The van der Waals surface area contributed by atoms with Gasteiger partial charge in [-0.05, 0) is 32.0 Å². The number of aromatic nitrogens is 2. The fourth-order valence-electron chi connectivity index (χ4n) is 1.76. The number of nitrogens with one attached hydrogen (secondary N) is 1. The zero-order valence-electron chi connectivity index (χ0n) is 9.77. The number of likely N-dealkylation sites (N-methyl/N-ethyl adjacent to an activating group) is 1. The van der Waals surface area contributed by atoms with E-state index in [1.165, 1.54) is 4.88 Å². The highest BCUT2D eigenvalue weighted by atomic mass is 35.5. The van der Waals surface area contributed by atoms with Crippen molar-refractivity contribution in [3.8, 4) is 0 Å². The van der Waals surface area contributed by atoms with Crippen molar-refractivity contribution in [3.05, 3.63) is 45.1 Å². The van der Waals surface area contributed by atoms with Gasteiger partial charge in [-0.25, -0.2) is 4.98 Å². The van der Waals surface area contributed by atoms with E-state index in [4.69, 9.17) is 11.6 Å². The van der Waals surface area contributed by atoms with Gasteiger partial charge in [-0.15, -0.1) is 11.3 Å². The molecule has 1 unspecified atom stereocenters. The van der Waals surface area contributed by atoms with E-state index in [-0.39, 0.29) is 6.04 Å². The molecule has 2 aromatic heterocycles. The molecule has 0 amide bonds. The van der Waals surface area contributed by atoms with E-state index >= 15 is 0 Å². The van der Waals surface area contributed by atoms with Gasteiger partial charge in [0.05, 0.1) is 16.2 Å². The lowest BCUT2D eigenvalue weighted by Gasteiger charge is -2.15. The molecule has 0 saturated carbocycles. The van der Waals surface area contributed by atoms with Crippen molar-refractivity contribution < 1.29 is 0 Å². The second-order valence-electron chi connectivity index (χ2n) is 3.81. The van der Waals surface area contributed by atoms with E-state index in [9.17, 15) is 0 Å². The van der Waals surface area contributed by atoms with E-state index in [0.29, 0.717) is 0 Å². The van der Waals surface area contributed by atoms with Crippen molar-refractivity contribution in [2.75, 3.05) is 7.05 Å². The Morgan fingerprint density at radius 3 is 2.94 bits per heavy atom. The van der Waals surface area contributed by atoms with Crippen molar-refractivity contribution in [1.29, 1.82) is 0 Å². The van der Waals surface area contributed by atoms with Crippen molar-refractivity contribution >= 4 is 22.9 Å². The second kappa shape index (κ2) is 5.58. The first-order valence-corrected chi connectivity index (χ1v) is 6.63. The van der Waals surface area contributed by atoms with Crippen LogP contribution in [0.25, 0.3) is 0 Å². The van der Waals surface area contributed by atoms with E-state index < -0.39 is 0 Å². The molecule has 17 heavy (non-hydrogen) atoms. The molecule has 0 aliphatic carbocycles. The second-order valence-corrected chi connectivity index (χ2v) is 5.11. The van der Waals surface area contributed by atoms with Crippen molar-refractivity contribution in [3.63, 3.8) is 0 Å². The molecule has 3 nitrogen and oxygen atoms in total. The zero-order valence-corrected chi connectivity index (χ0v) is 11.3. The summed E-state index contributed by atoms with van der Waals surface area (Å²) in [6, 6.07) is 2.21. The molecular weight excluding hydrogens is 254 g/mol. The molecule has 2 heterocycles. The fourth-order valence-corrected chi connectivity index (χ4v) is 2.87. The van der Waals surface area contributed by atoms with Crippen molar-refractivity contribution in [1.82, 2.24) is 15.3 Å². The highest BCUT2D eigenvalue weighted by molar-refractivity contribution is 7.09. The lowest BCUT2D eigenvalue weighted by Crippen LogP contribution is -2.18. The molecule has 0 fully saturated rings. The summed E-state index contributed by atoms with van der Waals surface area (Å²) in [4.78, 5) is 9.54. The van der Waals surface area contributed by atoms with Crippen LogP contribution < -0.4 is 5.32 Å². The molecular formula is C12H14ClN3S. The van der Waals surface area contributed by atoms with Crippen LogP contribution in [0.3, 0.4) is 0 Å². The monoisotopic (exact) mass is 267 g/mol. The molecule has 0 aliphatic heterocycles. The molecule has 0 aliphatic rings. The first-order valence-electron chi connectivity index (χ1n) is 5.38. The molecule has 5 heteroatoms. The quantitative estimate of drug-likeness (QED) is 0.925. The van der Waals surface area contributed by atoms with Crippen LogP contribution in [-0.2, 0) is 6.42 Å². The largest absolute Gasteiger partial charge is 0.312 e. The molecule has 0 saturated heterocycles. The van der Waals surface area contributed by atoms with Gasteiger partial charge in [0.2, 0.25) is 0 Å². The minimum Gasteiger partial charge on any atom is -0.312 e. The van der Waals surface area contributed by atoms with Gasteiger partial charge in [0.25, 0.3) is 0 Å². The number of hydrogen-bond donors (Lipinski definition) is 1. The molecule has 1 N–H and O–H groups in total. The summed E-state index contributed by atoms with van der Waals surface area (Å²) in [7, 11) is 1.96. The summed E-state index contributed by atoms with van der Waals surface area (Å²) in [5.74, 6) is 0. The Morgan fingerprint density at radius 2 is 2.35 bits per heavy atom. The SMILES string of the molecule is CNC(Cc1ccncc1Cl)c1scnc1C. The summed E-state index contributed by atoms with van der Waals surface area (Å²) < 4.78 is 0. The van der Waals surface area contributed by atoms with Gasteiger partial charge in [0.1, 0.15) is 0 Å². The molecule has 2 aromatic rings. The van der Waals surface area contributed by atoms with Crippen LogP contribution >= 0.6 is 22.9 Å². The van der Waals surface area contributed by atoms with Gasteiger partial charge in [-0.1, -0.05) is 11.6 Å². The maximum atomic E-state index is 6.12. The first-order chi connectivity index (χ1) is 8.22. The van der Waals surface area contributed by atoms with Gasteiger partial charge in [0, 0.05) is 23.3 Å². The van der Waals surface area contributed by atoms with Crippen LogP contribution in [0.2, 0.25) is 5.02 Å². The van der Waals surface area contributed by atoms with Crippen LogP contribution in [0.15, 0.2) is 24.0 Å². The van der Waals surface area contributed by atoms with Crippen LogP contribution in [0, 0.1) is 6.92 Å². The summed E-state index contributed by atoms with van der Waals surface area (Å²) in [5.41, 5.74) is 4.07. The first kappa shape index (κ1) is 12.5. The van der Waals surface area contributed by atoms with Crippen LogP contribution in [0.5, 0.6) is 0 Å². The summed E-state index contributed by atoms with van der Waals surface area (Å²) in [6.07, 6.45) is 4.30. The zero-order chi connectivity index (χ0) is 12.3. The predicted octanol–water partition coefficient (Wildman–Crippen LogP) is 3.00. The molecule has 2 rings (SSSR count). The Balaban J connectivity index is 2.22. The maximum Gasteiger partial charge on any atom is 0.0798 e. The number of rotatable bonds is 4. The minimum absolute atomic E-state index is 0.252. The van der Waals surface area contributed by atoms with Gasteiger partial charge in [-0.2, -0.15) is 0 Å². The number of nitrogens with zero attached hydrogens (tertiary/aromatic N) is 2. The van der Waals surface area contributed by atoms with E-state index in [2.05, 4.69) is 15.3 Å². The molecule has 0 bridgehead atoms. The van der Waals surface area contributed by atoms with E-state index in [1.807, 2.05) is 25.5 Å². The Kier molecular flexibility index (Phi) is 4.10. The third kappa shape index (κ3) is 2.83. The van der Waals surface area contributed by atoms with Gasteiger partial charge in [0.15, 0.2) is 0 Å². The highest BCUT2D eigenvalue weighted by Gasteiger charge is 2.16. The smallest absolute Gasteiger partial charge is 0.0798 e. The number of hydrogen-bond acceptors (Lipinski definition) is 4. The van der Waals surface area contributed by atoms with Crippen molar-refractivity contribution in [2.45, 2.75) is 19.4 Å². The Bertz CT molecular complexity index is 498. The highest BCUT2D eigenvalue weighted by Crippen LogP contribution is 2.26. The summed E-state index contributed by atoms with van der Waals surface area (Å²) in [6.45, 7) is 2.03. The molecule has 0 spiro atoms. The van der Waals surface area contributed by atoms with Crippen molar-refractivity contribution in [2.24, 2.45) is 0 Å². The summed E-state index contributed by atoms with van der Waals surface area (Å²) in [5, 5.41) is 4.03. The molecule has 90 valence electrons. The summed E-state index contributed by atoms with van der Waals surface area (Å²) >= 11 is 7.80. The van der Waals surface area contributed by atoms with E-state index in [0.717, 1.165) is 22.7 Å². The number of thiazole rings is 1. The number of halogens is 1. The maximum absolute atomic E-state index is 6.12. The minimum atomic E-state index is 0.252. The van der Waals surface area contributed by atoms with E-state index in [1.54, 1.807) is 23.7 Å². The Morgan fingerprint density at radius 1 is 1.53 bits per heavy atom. The molecule has 0 aromatic carbocycles. The third-order valence-electron chi connectivity index (χ3n) is 2.73. The van der Waals surface area contributed by atoms with Gasteiger partial charge in [-0.3, -0.25) is 4.98 Å². The van der Waals surface area contributed by atoms with Crippen LogP contribution in [0.4, 0.5) is 0 Å².